The monoisotopic (exact) mass is 250 g/mol. The Balaban J connectivity index is 2.23. The zero-order chi connectivity index (χ0) is 13.1. The van der Waals surface area contributed by atoms with E-state index in [1.54, 1.807) is 7.11 Å². The van der Waals surface area contributed by atoms with Crippen LogP contribution in [0.25, 0.3) is 0 Å². The van der Waals surface area contributed by atoms with Crippen molar-refractivity contribution in [3.05, 3.63) is 17.7 Å². The van der Waals surface area contributed by atoms with Gasteiger partial charge in [0.1, 0.15) is 5.82 Å². The predicted molar refractivity (Wildman–Crippen MR) is 71.6 cm³/mol. The Morgan fingerprint density at radius 1 is 1.56 bits per heavy atom. The van der Waals surface area contributed by atoms with Crippen LogP contribution in [0.5, 0.6) is 0 Å². The summed E-state index contributed by atoms with van der Waals surface area (Å²) in [6.45, 7) is 6.51. The van der Waals surface area contributed by atoms with Crippen LogP contribution in [0.1, 0.15) is 37.7 Å². The van der Waals surface area contributed by atoms with E-state index in [4.69, 9.17) is 10.5 Å². The lowest BCUT2D eigenvalue weighted by atomic mass is 10.2. The molecule has 1 aromatic heterocycles. The Morgan fingerprint density at radius 2 is 2.33 bits per heavy atom. The van der Waals surface area contributed by atoms with E-state index < -0.39 is 0 Å². The van der Waals surface area contributed by atoms with Gasteiger partial charge in [-0.15, -0.1) is 0 Å². The molecule has 2 N–H and O–H groups in total. The largest absolute Gasteiger partial charge is 0.380 e. The number of aromatic nitrogens is 2. The van der Waals surface area contributed by atoms with Crippen LogP contribution in [0.15, 0.2) is 6.20 Å². The van der Waals surface area contributed by atoms with Crippen molar-refractivity contribution in [2.75, 3.05) is 25.1 Å². The molecule has 2 heterocycles. The van der Waals surface area contributed by atoms with Crippen molar-refractivity contribution in [2.24, 2.45) is 5.73 Å². The lowest BCUT2D eigenvalue weighted by Gasteiger charge is -2.21. The van der Waals surface area contributed by atoms with Gasteiger partial charge in [-0.3, -0.25) is 0 Å². The molecule has 0 spiro atoms. The summed E-state index contributed by atoms with van der Waals surface area (Å²) in [5, 5.41) is 0. The van der Waals surface area contributed by atoms with E-state index in [9.17, 15) is 0 Å². The average Bonchev–Trinajstić information content (AvgIpc) is 2.86. The SMILES string of the molecule is COC1CCN(c2cnc(C(C)C)nc2CN)C1. The van der Waals surface area contributed by atoms with Crippen LogP contribution in [0.4, 0.5) is 5.69 Å². The number of hydrogen-bond acceptors (Lipinski definition) is 5. The zero-order valence-corrected chi connectivity index (χ0v) is 11.4. The molecule has 1 unspecified atom stereocenters. The zero-order valence-electron chi connectivity index (χ0n) is 11.4. The van der Waals surface area contributed by atoms with Crippen LogP contribution < -0.4 is 10.6 Å². The highest BCUT2D eigenvalue weighted by atomic mass is 16.5. The molecule has 0 amide bonds. The average molecular weight is 250 g/mol. The Morgan fingerprint density at radius 3 is 2.89 bits per heavy atom. The Kier molecular flexibility index (Phi) is 4.14. The van der Waals surface area contributed by atoms with E-state index in [1.165, 1.54) is 0 Å². The molecule has 1 aliphatic heterocycles. The van der Waals surface area contributed by atoms with Crippen molar-refractivity contribution in [3.8, 4) is 0 Å². The van der Waals surface area contributed by atoms with E-state index in [0.717, 1.165) is 36.7 Å². The van der Waals surface area contributed by atoms with Gasteiger partial charge in [0.05, 0.1) is 23.7 Å². The molecule has 0 aliphatic carbocycles. The molecule has 1 atom stereocenters. The lowest BCUT2D eigenvalue weighted by Crippen LogP contribution is -2.25. The van der Waals surface area contributed by atoms with Gasteiger partial charge in [0, 0.05) is 32.7 Å². The molecule has 1 aliphatic rings. The highest BCUT2D eigenvalue weighted by molar-refractivity contribution is 5.50. The fourth-order valence-corrected chi connectivity index (χ4v) is 2.26. The van der Waals surface area contributed by atoms with Crippen LogP contribution in [0, 0.1) is 0 Å². The van der Waals surface area contributed by atoms with Crippen LogP contribution in [-0.4, -0.2) is 36.3 Å². The third-order valence-corrected chi connectivity index (χ3v) is 3.39. The third-order valence-electron chi connectivity index (χ3n) is 3.39. The number of nitrogens with two attached hydrogens (primary N) is 1. The first kappa shape index (κ1) is 13.2. The van der Waals surface area contributed by atoms with Gasteiger partial charge in [0.25, 0.3) is 0 Å². The predicted octanol–water partition coefficient (Wildman–Crippen LogP) is 1.28. The van der Waals surface area contributed by atoms with Gasteiger partial charge in [0.2, 0.25) is 0 Å². The van der Waals surface area contributed by atoms with Crippen LogP contribution in [-0.2, 0) is 11.3 Å². The summed E-state index contributed by atoms with van der Waals surface area (Å²) in [5.74, 6) is 1.19. The number of hydrogen-bond donors (Lipinski definition) is 1. The molecule has 0 bridgehead atoms. The van der Waals surface area contributed by atoms with E-state index in [0.29, 0.717) is 18.6 Å². The molecule has 0 aromatic carbocycles. The molecule has 0 radical (unpaired) electrons. The van der Waals surface area contributed by atoms with Gasteiger partial charge in [-0.05, 0) is 6.42 Å². The van der Waals surface area contributed by atoms with Gasteiger partial charge in [0.15, 0.2) is 0 Å². The van der Waals surface area contributed by atoms with Crippen molar-refractivity contribution in [1.29, 1.82) is 0 Å². The number of ether oxygens (including phenoxy) is 1. The van der Waals surface area contributed by atoms with E-state index in [-0.39, 0.29) is 0 Å². The second-order valence-electron chi connectivity index (χ2n) is 5.01. The van der Waals surface area contributed by atoms with Gasteiger partial charge in [-0.25, -0.2) is 9.97 Å². The number of anilines is 1. The Bertz CT molecular complexity index is 408. The maximum Gasteiger partial charge on any atom is 0.131 e. The molecule has 1 aromatic rings. The fraction of sp³-hybridized carbons (Fsp3) is 0.692. The Hall–Kier alpha value is -1.20. The topological polar surface area (TPSA) is 64.3 Å². The highest BCUT2D eigenvalue weighted by Crippen LogP contribution is 2.24. The molecule has 2 rings (SSSR count). The van der Waals surface area contributed by atoms with Crippen molar-refractivity contribution < 1.29 is 4.74 Å². The highest BCUT2D eigenvalue weighted by Gasteiger charge is 2.24. The smallest absolute Gasteiger partial charge is 0.131 e. The lowest BCUT2D eigenvalue weighted by molar-refractivity contribution is 0.121. The van der Waals surface area contributed by atoms with Crippen molar-refractivity contribution in [2.45, 2.75) is 38.8 Å². The summed E-state index contributed by atoms with van der Waals surface area (Å²) < 4.78 is 5.38. The van der Waals surface area contributed by atoms with Crippen LogP contribution in [0.2, 0.25) is 0 Å². The first-order chi connectivity index (χ1) is 8.65. The first-order valence-electron chi connectivity index (χ1n) is 6.49. The van der Waals surface area contributed by atoms with E-state index >= 15 is 0 Å². The van der Waals surface area contributed by atoms with Crippen LogP contribution >= 0.6 is 0 Å². The number of nitrogens with zero attached hydrogens (tertiary/aromatic N) is 3. The van der Waals surface area contributed by atoms with Crippen molar-refractivity contribution in [1.82, 2.24) is 9.97 Å². The summed E-state index contributed by atoms with van der Waals surface area (Å²) in [7, 11) is 1.76. The first-order valence-corrected chi connectivity index (χ1v) is 6.49. The third kappa shape index (κ3) is 2.62. The molecular formula is C13H22N4O. The molecule has 1 fully saturated rings. The second kappa shape index (κ2) is 5.63. The minimum atomic E-state index is 0.306. The normalized spacial score (nSPS) is 19.8. The number of rotatable bonds is 4. The van der Waals surface area contributed by atoms with Gasteiger partial charge < -0.3 is 15.4 Å². The molecule has 5 heteroatoms. The summed E-state index contributed by atoms with van der Waals surface area (Å²) in [4.78, 5) is 11.3. The molecule has 18 heavy (non-hydrogen) atoms. The number of methoxy groups -OCH3 is 1. The molecule has 0 saturated carbocycles. The molecule has 100 valence electrons. The maximum absolute atomic E-state index is 5.81. The standard InChI is InChI=1S/C13H22N4O/c1-9(2)13-15-7-12(11(6-14)16-13)17-5-4-10(8-17)18-3/h7,9-10H,4-6,8,14H2,1-3H3. The molecule has 1 saturated heterocycles. The quantitative estimate of drug-likeness (QED) is 0.872. The Labute approximate surface area is 108 Å². The molecule has 5 nitrogen and oxygen atoms in total. The summed E-state index contributed by atoms with van der Waals surface area (Å²) >= 11 is 0. The minimum absolute atomic E-state index is 0.306. The van der Waals surface area contributed by atoms with Gasteiger partial charge in [-0.1, -0.05) is 13.8 Å². The van der Waals surface area contributed by atoms with E-state index in [2.05, 4.69) is 28.7 Å². The van der Waals surface area contributed by atoms with Crippen LogP contribution in [0.3, 0.4) is 0 Å². The summed E-state index contributed by atoms with van der Waals surface area (Å²) in [6.07, 6.45) is 3.26. The second-order valence-corrected chi connectivity index (χ2v) is 5.01. The fourth-order valence-electron chi connectivity index (χ4n) is 2.26. The summed E-state index contributed by atoms with van der Waals surface area (Å²) in [5.41, 5.74) is 7.80. The van der Waals surface area contributed by atoms with Gasteiger partial charge >= 0.3 is 0 Å². The van der Waals surface area contributed by atoms with Crippen molar-refractivity contribution in [3.63, 3.8) is 0 Å². The molecular weight excluding hydrogens is 228 g/mol. The maximum atomic E-state index is 5.81. The van der Waals surface area contributed by atoms with E-state index in [1.807, 2.05) is 6.20 Å². The van der Waals surface area contributed by atoms with Crippen molar-refractivity contribution >= 4 is 5.69 Å². The van der Waals surface area contributed by atoms with Gasteiger partial charge in [-0.2, -0.15) is 0 Å². The summed E-state index contributed by atoms with van der Waals surface area (Å²) in [6, 6.07) is 0. The minimum Gasteiger partial charge on any atom is -0.380 e.